The fourth-order valence-corrected chi connectivity index (χ4v) is 3.29. The molecule has 3 atom stereocenters. The lowest BCUT2D eigenvalue weighted by molar-refractivity contribution is -0.136. The zero-order valence-corrected chi connectivity index (χ0v) is 17.5. The number of hydrogen-bond acceptors (Lipinski definition) is 6. The Morgan fingerprint density at radius 3 is 1.63 bits per heavy atom. The number of benzene rings is 2. The van der Waals surface area contributed by atoms with Crippen LogP contribution in [0.4, 0.5) is 0 Å². The maximum atomic E-state index is 12.5. The quantitative estimate of drug-likeness (QED) is 0.352. The van der Waals surface area contributed by atoms with E-state index < -0.39 is 35.6 Å². The highest BCUT2D eigenvalue weighted by atomic mass is 16.4. The summed E-state index contributed by atoms with van der Waals surface area (Å²) in [4.78, 5) is 12.5. The average molecular weight is 412 g/mol. The lowest BCUT2D eigenvalue weighted by atomic mass is 9.93. The first-order valence-electron chi connectivity index (χ1n) is 9.57. The van der Waals surface area contributed by atoms with Crippen LogP contribution in [0.2, 0.25) is 0 Å². The summed E-state index contributed by atoms with van der Waals surface area (Å²) in [6, 6.07) is 14.2. The van der Waals surface area contributed by atoms with Crippen molar-refractivity contribution in [3.63, 3.8) is 0 Å². The first kappa shape index (κ1) is 23.3. The van der Waals surface area contributed by atoms with Gasteiger partial charge < -0.3 is 25.5 Å². The smallest absolute Gasteiger partial charge is 0.228 e. The highest BCUT2D eigenvalue weighted by Gasteiger charge is 2.35. The van der Waals surface area contributed by atoms with Crippen LogP contribution in [0, 0.1) is 13.8 Å². The maximum Gasteiger partial charge on any atom is 0.228 e. The van der Waals surface area contributed by atoms with Gasteiger partial charge in [0.2, 0.25) is 5.78 Å². The summed E-state index contributed by atoms with van der Waals surface area (Å²) in [6.45, 7) is 6.71. The molecule has 0 heterocycles. The highest BCUT2D eigenvalue weighted by molar-refractivity contribution is 6.03. The lowest BCUT2D eigenvalue weighted by Gasteiger charge is -2.23. The van der Waals surface area contributed by atoms with Crippen molar-refractivity contribution >= 4 is 16.9 Å². The molecule has 5 N–H and O–H groups in total. The molecule has 2 aromatic carbocycles. The zero-order valence-electron chi connectivity index (χ0n) is 17.5. The van der Waals surface area contributed by atoms with Crippen molar-refractivity contribution in [1.29, 1.82) is 0 Å². The van der Waals surface area contributed by atoms with Crippen molar-refractivity contribution in [3.8, 4) is 0 Å². The van der Waals surface area contributed by atoms with Crippen LogP contribution in [0.3, 0.4) is 0 Å². The second kappa shape index (κ2) is 9.71. The van der Waals surface area contributed by atoms with Crippen molar-refractivity contribution in [2.75, 3.05) is 0 Å². The number of allylic oxidation sites excluding steroid dienone is 2. The van der Waals surface area contributed by atoms with Crippen LogP contribution in [0.25, 0.3) is 11.1 Å². The van der Waals surface area contributed by atoms with Crippen LogP contribution < -0.4 is 0 Å². The minimum absolute atomic E-state index is 0.231. The molecule has 0 fully saturated rings. The van der Waals surface area contributed by atoms with E-state index in [0.29, 0.717) is 16.7 Å². The van der Waals surface area contributed by atoms with Crippen molar-refractivity contribution in [2.24, 2.45) is 0 Å². The van der Waals surface area contributed by atoms with Gasteiger partial charge in [0.25, 0.3) is 0 Å². The fourth-order valence-electron chi connectivity index (χ4n) is 3.29. The standard InChI is InChI=1S/C24H28O6/c1-13-9-5-7-11-17(13)15(3)19(25)21(27)23(29)24(30)22(28)20(26)16(4)18-12-8-6-10-14(18)2/h5-12,21,23-27,29-30H,1-4H3/t21-,23+,24+/m1/s1. The monoisotopic (exact) mass is 412 g/mol. The van der Waals surface area contributed by atoms with Gasteiger partial charge in [-0.2, -0.15) is 0 Å². The molecule has 0 unspecified atom stereocenters. The summed E-state index contributed by atoms with van der Waals surface area (Å²) >= 11 is 0. The molecule has 0 radical (unpaired) electrons. The topological polar surface area (TPSA) is 118 Å². The number of aliphatic hydroxyl groups excluding tert-OH is 5. The number of carbonyl (C=O) groups is 1. The molecule has 160 valence electrons. The molecule has 0 saturated carbocycles. The summed E-state index contributed by atoms with van der Waals surface area (Å²) in [6.07, 6.45) is -6.09. The average Bonchev–Trinajstić information content (AvgIpc) is 2.75. The minimum Gasteiger partial charge on any atom is -0.509 e. The van der Waals surface area contributed by atoms with Gasteiger partial charge in [0.15, 0.2) is 5.76 Å². The molecule has 6 heteroatoms. The Hall–Kier alpha value is -2.93. The van der Waals surface area contributed by atoms with E-state index in [1.54, 1.807) is 31.2 Å². The number of aryl methyl sites for hydroxylation is 2. The molecule has 0 amide bonds. The van der Waals surface area contributed by atoms with Gasteiger partial charge in [-0.25, -0.2) is 0 Å². The zero-order chi connectivity index (χ0) is 22.6. The second-order valence-electron chi connectivity index (χ2n) is 7.36. The van der Waals surface area contributed by atoms with E-state index in [1.807, 2.05) is 38.1 Å². The van der Waals surface area contributed by atoms with E-state index in [2.05, 4.69) is 0 Å². The molecule has 6 nitrogen and oxygen atoms in total. The Bertz CT molecular complexity index is 989. The molecule has 0 bridgehead atoms. The maximum absolute atomic E-state index is 12.5. The van der Waals surface area contributed by atoms with Crippen LogP contribution in [0.15, 0.2) is 60.0 Å². The number of rotatable bonds is 7. The van der Waals surface area contributed by atoms with Gasteiger partial charge in [0.05, 0.1) is 0 Å². The molecule has 0 aromatic heterocycles. The molecule has 0 saturated heterocycles. The molecule has 30 heavy (non-hydrogen) atoms. The van der Waals surface area contributed by atoms with E-state index in [-0.39, 0.29) is 5.57 Å². The molecule has 0 aliphatic heterocycles. The van der Waals surface area contributed by atoms with E-state index in [9.17, 15) is 30.3 Å². The predicted octanol–water partition coefficient (Wildman–Crippen LogP) is 3.23. The first-order chi connectivity index (χ1) is 14.1. The number of Topliss-reactive ketones (excluding diaryl/α,β-unsaturated/α-hetero) is 1. The SMILES string of the molecule is CC(=C(O)C(=O)[C@H](O)[C@@H](O)[C@H](O)C(O)=C(C)c1ccccc1C)c1ccccc1C. The van der Waals surface area contributed by atoms with E-state index in [1.165, 1.54) is 6.92 Å². The second-order valence-corrected chi connectivity index (χ2v) is 7.36. The Kier molecular flexibility index (Phi) is 7.56. The summed E-state index contributed by atoms with van der Waals surface area (Å²) in [5.74, 6) is -2.44. The van der Waals surface area contributed by atoms with Gasteiger partial charge in [-0.15, -0.1) is 0 Å². The summed E-state index contributed by atoms with van der Waals surface area (Å²) in [5.41, 5.74) is 3.46. The van der Waals surface area contributed by atoms with Gasteiger partial charge in [0, 0.05) is 5.57 Å². The number of hydrogen-bond donors (Lipinski definition) is 5. The van der Waals surface area contributed by atoms with Gasteiger partial charge in [-0.1, -0.05) is 48.5 Å². The third kappa shape index (κ3) is 4.79. The van der Waals surface area contributed by atoms with E-state index in [0.717, 1.165) is 11.1 Å². The van der Waals surface area contributed by atoms with Crippen LogP contribution in [0.5, 0.6) is 0 Å². The van der Waals surface area contributed by atoms with Crippen LogP contribution in [0.1, 0.15) is 36.1 Å². The van der Waals surface area contributed by atoms with Gasteiger partial charge in [-0.05, 0) is 55.5 Å². The van der Waals surface area contributed by atoms with Crippen molar-refractivity contribution in [3.05, 3.63) is 82.3 Å². The molecular weight excluding hydrogens is 384 g/mol. The van der Waals surface area contributed by atoms with E-state index in [4.69, 9.17) is 0 Å². The lowest BCUT2D eigenvalue weighted by Crippen LogP contribution is -2.44. The number of ketones is 1. The summed E-state index contributed by atoms with van der Waals surface area (Å²) in [5, 5.41) is 51.6. The Labute approximate surface area is 176 Å². The molecule has 0 spiro atoms. The summed E-state index contributed by atoms with van der Waals surface area (Å²) < 4.78 is 0. The van der Waals surface area contributed by atoms with Crippen molar-refractivity contribution in [1.82, 2.24) is 0 Å². The highest BCUT2D eigenvalue weighted by Crippen LogP contribution is 2.25. The number of aliphatic hydroxyl groups is 5. The van der Waals surface area contributed by atoms with Gasteiger partial charge >= 0.3 is 0 Å². The third-order valence-corrected chi connectivity index (χ3v) is 5.27. The molecule has 0 aliphatic rings. The minimum atomic E-state index is -2.13. The van der Waals surface area contributed by atoms with Crippen LogP contribution in [-0.2, 0) is 4.79 Å². The van der Waals surface area contributed by atoms with Gasteiger partial charge in [0.1, 0.15) is 24.1 Å². The molecule has 2 aromatic rings. The fraction of sp³-hybridized carbons (Fsp3) is 0.292. The first-order valence-corrected chi connectivity index (χ1v) is 9.57. The third-order valence-electron chi connectivity index (χ3n) is 5.27. The Balaban J connectivity index is 2.29. The van der Waals surface area contributed by atoms with Crippen molar-refractivity contribution in [2.45, 2.75) is 46.0 Å². The molecular formula is C24H28O6. The van der Waals surface area contributed by atoms with Crippen LogP contribution in [-0.4, -0.2) is 49.6 Å². The molecule has 2 rings (SSSR count). The van der Waals surface area contributed by atoms with E-state index >= 15 is 0 Å². The predicted molar refractivity (Wildman–Crippen MR) is 116 cm³/mol. The van der Waals surface area contributed by atoms with Gasteiger partial charge in [-0.3, -0.25) is 4.79 Å². The summed E-state index contributed by atoms with van der Waals surface area (Å²) in [7, 11) is 0. The van der Waals surface area contributed by atoms with Crippen molar-refractivity contribution < 1.29 is 30.3 Å². The Morgan fingerprint density at radius 1 is 0.733 bits per heavy atom. The molecule has 0 aliphatic carbocycles. The normalized spacial score (nSPS) is 16.2. The Morgan fingerprint density at radius 2 is 1.17 bits per heavy atom. The largest absolute Gasteiger partial charge is 0.509 e. The van der Waals surface area contributed by atoms with Crippen LogP contribution >= 0.6 is 0 Å². The number of carbonyl (C=O) groups excluding carboxylic acids is 1.